The van der Waals surface area contributed by atoms with Crippen molar-refractivity contribution in [2.45, 2.75) is 4.21 Å². The lowest BCUT2D eigenvalue weighted by atomic mass is 10.3. The molecule has 86 valence electrons. The molecule has 0 atom stereocenters. The lowest BCUT2D eigenvalue weighted by molar-refractivity contribution is 0.603. The van der Waals surface area contributed by atoms with Crippen molar-refractivity contribution in [2.24, 2.45) is 0 Å². The number of anilines is 1. The Morgan fingerprint density at radius 1 is 1.18 bits per heavy atom. The topological polar surface area (TPSA) is 70.0 Å². The zero-order valence-electron chi connectivity index (χ0n) is 8.62. The molecule has 0 aliphatic rings. The van der Waals surface area contributed by atoms with Gasteiger partial charge in [0.1, 0.15) is 6.07 Å². The summed E-state index contributed by atoms with van der Waals surface area (Å²) in [6, 6.07) is 11.9. The molecule has 17 heavy (non-hydrogen) atoms. The number of para-hydroxylation sites is 1. The number of nitriles is 1. The first-order valence-corrected chi connectivity index (χ1v) is 7.05. The zero-order chi connectivity index (χ0) is 12.3. The third-order valence-electron chi connectivity index (χ3n) is 2.02. The Hall–Kier alpha value is -1.84. The minimum Gasteiger partial charge on any atom is -0.279 e. The number of sulfonamides is 1. The van der Waals surface area contributed by atoms with E-state index in [9.17, 15) is 8.42 Å². The zero-order valence-corrected chi connectivity index (χ0v) is 10.3. The van der Waals surface area contributed by atoms with Gasteiger partial charge < -0.3 is 0 Å². The second-order valence-electron chi connectivity index (χ2n) is 3.21. The van der Waals surface area contributed by atoms with Crippen LogP contribution in [0, 0.1) is 11.3 Å². The number of nitrogens with zero attached hydrogens (tertiary/aromatic N) is 1. The van der Waals surface area contributed by atoms with Crippen molar-refractivity contribution in [1.29, 1.82) is 5.26 Å². The van der Waals surface area contributed by atoms with Crippen LogP contribution in [0.25, 0.3) is 0 Å². The SMILES string of the molecule is N#Cc1ccsc1S(=O)(=O)Nc1ccccc1. The second kappa shape index (κ2) is 4.57. The maximum absolute atomic E-state index is 12.0. The average molecular weight is 264 g/mol. The Morgan fingerprint density at radius 3 is 2.53 bits per heavy atom. The molecule has 0 aliphatic carbocycles. The molecular weight excluding hydrogens is 256 g/mol. The Kier molecular flexibility index (Phi) is 3.13. The van der Waals surface area contributed by atoms with Gasteiger partial charge in [0.25, 0.3) is 10.0 Å². The van der Waals surface area contributed by atoms with Crippen molar-refractivity contribution in [2.75, 3.05) is 4.72 Å². The molecule has 2 aromatic rings. The molecule has 0 unspecified atom stereocenters. The van der Waals surface area contributed by atoms with E-state index < -0.39 is 10.0 Å². The van der Waals surface area contributed by atoms with Gasteiger partial charge in [-0.2, -0.15) is 5.26 Å². The van der Waals surface area contributed by atoms with Crippen molar-refractivity contribution in [3.05, 3.63) is 47.3 Å². The standard InChI is InChI=1S/C11H8N2O2S2/c12-8-9-6-7-16-11(9)17(14,15)13-10-4-2-1-3-5-10/h1-7,13H. The van der Waals surface area contributed by atoms with Crippen molar-refractivity contribution < 1.29 is 8.42 Å². The van der Waals surface area contributed by atoms with Crippen LogP contribution in [-0.2, 0) is 10.0 Å². The molecule has 4 nitrogen and oxygen atoms in total. The third kappa shape index (κ3) is 2.46. The third-order valence-corrected chi connectivity index (χ3v) is 4.89. The van der Waals surface area contributed by atoms with Crippen molar-refractivity contribution >= 4 is 27.0 Å². The molecule has 1 aromatic heterocycles. The van der Waals surface area contributed by atoms with E-state index in [0.29, 0.717) is 5.69 Å². The van der Waals surface area contributed by atoms with Gasteiger partial charge in [-0.05, 0) is 23.6 Å². The van der Waals surface area contributed by atoms with E-state index in [1.165, 1.54) is 6.07 Å². The molecule has 0 saturated heterocycles. The molecule has 6 heteroatoms. The molecule has 0 aliphatic heterocycles. The Labute approximate surface area is 103 Å². The summed E-state index contributed by atoms with van der Waals surface area (Å²) < 4.78 is 26.5. The first kappa shape index (κ1) is 11.6. The minimum atomic E-state index is -3.67. The van der Waals surface area contributed by atoms with E-state index >= 15 is 0 Å². The van der Waals surface area contributed by atoms with Gasteiger partial charge >= 0.3 is 0 Å². The molecule has 0 radical (unpaired) electrons. The van der Waals surface area contributed by atoms with E-state index in [-0.39, 0.29) is 9.77 Å². The summed E-state index contributed by atoms with van der Waals surface area (Å²) in [5.74, 6) is 0. The van der Waals surface area contributed by atoms with Gasteiger partial charge in [0.05, 0.1) is 5.56 Å². The summed E-state index contributed by atoms with van der Waals surface area (Å²) in [5.41, 5.74) is 0.642. The molecule has 2 rings (SSSR count). The summed E-state index contributed by atoms with van der Waals surface area (Å²) in [5, 5.41) is 10.4. The fraction of sp³-hybridized carbons (Fsp3) is 0. The van der Waals surface area contributed by atoms with Crippen LogP contribution in [0.1, 0.15) is 5.56 Å². The van der Waals surface area contributed by atoms with Crippen LogP contribution in [0.4, 0.5) is 5.69 Å². The van der Waals surface area contributed by atoms with Gasteiger partial charge in [-0.15, -0.1) is 11.3 Å². The quantitative estimate of drug-likeness (QED) is 0.925. The van der Waals surface area contributed by atoms with Gasteiger partial charge in [0.15, 0.2) is 4.21 Å². The second-order valence-corrected chi connectivity index (χ2v) is 6.00. The van der Waals surface area contributed by atoms with Gasteiger partial charge in [-0.25, -0.2) is 8.42 Å². The van der Waals surface area contributed by atoms with E-state index in [1.54, 1.807) is 35.7 Å². The predicted molar refractivity (Wildman–Crippen MR) is 66.3 cm³/mol. The lowest BCUT2D eigenvalue weighted by Crippen LogP contribution is -2.12. The highest BCUT2D eigenvalue weighted by Crippen LogP contribution is 2.24. The van der Waals surface area contributed by atoms with Crippen molar-refractivity contribution in [3.63, 3.8) is 0 Å². The molecule has 0 fully saturated rings. The van der Waals surface area contributed by atoms with Crippen molar-refractivity contribution in [3.8, 4) is 6.07 Å². The number of benzene rings is 1. The molecular formula is C11H8N2O2S2. The maximum atomic E-state index is 12.0. The highest BCUT2D eigenvalue weighted by atomic mass is 32.2. The monoisotopic (exact) mass is 264 g/mol. The van der Waals surface area contributed by atoms with Crippen LogP contribution in [0.2, 0.25) is 0 Å². The number of hydrogen-bond donors (Lipinski definition) is 1. The van der Waals surface area contributed by atoms with Crippen LogP contribution in [-0.4, -0.2) is 8.42 Å². The van der Waals surface area contributed by atoms with E-state index in [2.05, 4.69) is 4.72 Å². The molecule has 0 amide bonds. The Morgan fingerprint density at radius 2 is 1.88 bits per heavy atom. The molecule has 1 heterocycles. The minimum absolute atomic E-state index is 0.0452. The molecule has 0 saturated carbocycles. The predicted octanol–water partition coefficient (Wildman–Crippen LogP) is 2.42. The van der Waals surface area contributed by atoms with Gasteiger partial charge in [0.2, 0.25) is 0 Å². The molecule has 1 N–H and O–H groups in total. The van der Waals surface area contributed by atoms with Gasteiger partial charge in [0, 0.05) is 5.69 Å². The van der Waals surface area contributed by atoms with E-state index in [1.807, 2.05) is 6.07 Å². The largest absolute Gasteiger partial charge is 0.279 e. The van der Waals surface area contributed by atoms with Crippen LogP contribution >= 0.6 is 11.3 Å². The Balaban J connectivity index is 2.36. The molecule has 1 aromatic carbocycles. The van der Waals surface area contributed by atoms with Gasteiger partial charge in [-0.1, -0.05) is 18.2 Å². The molecule has 0 spiro atoms. The summed E-state index contributed by atoms with van der Waals surface area (Å²) in [7, 11) is -3.67. The summed E-state index contributed by atoms with van der Waals surface area (Å²) in [6.07, 6.45) is 0. The highest BCUT2D eigenvalue weighted by Gasteiger charge is 2.20. The lowest BCUT2D eigenvalue weighted by Gasteiger charge is -2.05. The Bertz CT molecular complexity index is 654. The van der Waals surface area contributed by atoms with E-state index in [4.69, 9.17) is 5.26 Å². The van der Waals surface area contributed by atoms with Crippen LogP contribution in [0.3, 0.4) is 0 Å². The normalized spacial score (nSPS) is 10.8. The fourth-order valence-corrected chi connectivity index (χ4v) is 3.60. The van der Waals surface area contributed by atoms with Crippen molar-refractivity contribution in [1.82, 2.24) is 0 Å². The number of thiophene rings is 1. The van der Waals surface area contributed by atoms with Crippen LogP contribution in [0.15, 0.2) is 46.0 Å². The highest BCUT2D eigenvalue weighted by molar-refractivity contribution is 7.94. The first-order valence-electron chi connectivity index (χ1n) is 4.69. The summed E-state index contributed by atoms with van der Waals surface area (Å²) >= 11 is 1.03. The number of nitrogens with one attached hydrogen (secondary N) is 1. The van der Waals surface area contributed by atoms with Gasteiger partial charge in [-0.3, -0.25) is 4.72 Å². The fourth-order valence-electron chi connectivity index (χ4n) is 1.29. The average Bonchev–Trinajstić information content (AvgIpc) is 2.78. The maximum Gasteiger partial charge on any atom is 0.272 e. The smallest absolute Gasteiger partial charge is 0.272 e. The van der Waals surface area contributed by atoms with Crippen LogP contribution < -0.4 is 4.72 Å². The summed E-state index contributed by atoms with van der Waals surface area (Å²) in [4.78, 5) is 0. The van der Waals surface area contributed by atoms with E-state index in [0.717, 1.165) is 11.3 Å². The summed E-state index contributed by atoms with van der Waals surface area (Å²) in [6.45, 7) is 0. The number of hydrogen-bond acceptors (Lipinski definition) is 4. The number of rotatable bonds is 3. The van der Waals surface area contributed by atoms with Crippen LogP contribution in [0.5, 0.6) is 0 Å². The molecule has 0 bridgehead atoms. The first-order chi connectivity index (χ1) is 8.13.